The average Bonchev–Trinajstić information content (AvgIpc) is 3.08. The van der Waals surface area contributed by atoms with E-state index in [0.717, 1.165) is 36.1 Å². The van der Waals surface area contributed by atoms with Crippen LogP contribution in [0.4, 0.5) is 0 Å². The lowest BCUT2D eigenvalue weighted by molar-refractivity contribution is 0.372. The Morgan fingerprint density at radius 1 is 1.26 bits per heavy atom. The van der Waals surface area contributed by atoms with Gasteiger partial charge in [-0.1, -0.05) is 30.1 Å². The Labute approximate surface area is 116 Å². The van der Waals surface area contributed by atoms with Crippen molar-refractivity contribution in [1.29, 1.82) is 0 Å². The highest BCUT2D eigenvalue weighted by molar-refractivity contribution is 7.98. The summed E-state index contributed by atoms with van der Waals surface area (Å²) in [5.41, 5.74) is 6.94. The van der Waals surface area contributed by atoms with Crippen molar-refractivity contribution in [3.63, 3.8) is 0 Å². The number of aromatic nitrogens is 2. The Morgan fingerprint density at radius 3 is 2.74 bits per heavy atom. The zero-order chi connectivity index (χ0) is 13.3. The van der Waals surface area contributed by atoms with E-state index in [0.29, 0.717) is 11.7 Å². The second kappa shape index (κ2) is 4.98. The molecule has 1 heterocycles. The normalized spacial score (nSPS) is 17.8. The van der Waals surface area contributed by atoms with E-state index in [1.54, 1.807) is 11.8 Å². The van der Waals surface area contributed by atoms with Gasteiger partial charge in [0.25, 0.3) is 5.89 Å². The van der Waals surface area contributed by atoms with Crippen LogP contribution < -0.4 is 5.73 Å². The van der Waals surface area contributed by atoms with E-state index in [2.05, 4.69) is 16.2 Å². The van der Waals surface area contributed by atoms with E-state index in [4.69, 9.17) is 10.3 Å². The average molecular weight is 275 g/mol. The second-order valence-electron chi connectivity index (χ2n) is 4.99. The van der Waals surface area contributed by atoms with Crippen LogP contribution in [0.5, 0.6) is 0 Å². The summed E-state index contributed by atoms with van der Waals surface area (Å²) in [6.45, 7) is 0. The van der Waals surface area contributed by atoms with E-state index in [9.17, 15) is 0 Å². The first-order valence-electron chi connectivity index (χ1n) is 6.49. The van der Waals surface area contributed by atoms with Crippen LogP contribution in [0.25, 0.3) is 11.5 Å². The van der Waals surface area contributed by atoms with Crippen molar-refractivity contribution in [2.75, 3.05) is 6.26 Å². The molecule has 0 spiro atoms. The van der Waals surface area contributed by atoms with Crippen LogP contribution in [0.15, 0.2) is 33.7 Å². The zero-order valence-electron chi connectivity index (χ0n) is 10.9. The summed E-state index contributed by atoms with van der Waals surface area (Å²) in [4.78, 5) is 5.66. The first-order valence-corrected chi connectivity index (χ1v) is 7.72. The fourth-order valence-corrected chi connectivity index (χ4v) is 3.18. The van der Waals surface area contributed by atoms with Gasteiger partial charge in [-0.2, -0.15) is 4.98 Å². The molecule has 19 heavy (non-hydrogen) atoms. The number of hydrogen-bond donors (Lipinski definition) is 1. The van der Waals surface area contributed by atoms with Crippen molar-refractivity contribution in [3.8, 4) is 11.5 Å². The predicted octanol–water partition coefficient (Wildman–Crippen LogP) is 3.19. The van der Waals surface area contributed by atoms with Crippen LogP contribution in [0.1, 0.15) is 31.5 Å². The van der Waals surface area contributed by atoms with Crippen molar-refractivity contribution >= 4 is 11.8 Å². The quantitative estimate of drug-likeness (QED) is 0.871. The minimum atomic E-state index is -0.393. The monoisotopic (exact) mass is 275 g/mol. The highest BCUT2D eigenvalue weighted by Crippen LogP contribution is 2.36. The second-order valence-corrected chi connectivity index (χ2v) is 5.83. The SMILES string of the molecule is CSc1ccccc1-c1nc(C2(N)CCCC2)no1. The summed E-state index contributed by atoms with van der Waals surface area (Å²) in [7, 11) is 0. The summed E-state index contributed by atoms with van der Waals surface area (Å²) < 4.78 is 5.42. The molecule has 0 amide bonds. The van der Waals surface area contributed by atoms with Crippen LogP contribution in [0.2, 0.25) is 0 Å². The molecule has 0 bridgehead atoms. The molecule has 5 heteroatoms. The smallest absolute Gasteiger partial charge is 0.259 e. The van der Waals surface area contributed by atoms with Gasteiger partial charge in [-0.15, -0.1) is 11.8 Å². The lowest BCUT2D eigenvalue weighted by Crippen LogP contribution is -2.34. The lowest BCUT2D eigenvalue weighted by Gasteiger charge is -2.17. The van der Waals surface area contributed by atoms with Crippen LogP contribution in [0, 0.1) is 0 Å². The number of nitrogens with zero attached hydrogens (tertiary/aromatic N) is 2. The number of thioether (sulfide) groups is 1. The van der Waals surface area contributed by atoms with Gasteiger partial charge in [0.15, 0.2) is 5.82 Å². The Hall–Kier alpha value is -1.33. The molecule has 0 radical (unpaired) electrons. The van der Waals surface area contributed by atoms with Gasteiger partial charge in [0.2, 0.25) is 0 Å². The third kappa shape index (κ3) is 2.28. The molecule has 1 saturated carbocycles. The molecule has 0 aliphatic heterocycles. The topological polar surface area (TPSA) is 64.9 Å². The number of hydrogen-bond acceptors (Lipinski definition) is 5. The number of benzene rings is 1. The largest absolute Gasteiger partial charge is 0.334 e. The summed E-state index contributed by atoms with van der Waals surface area (Å²) in [5.74, 6) is 1.22. The van der Waals surface area contributed by atoms with Gasteiger partial charge in [-0.05, 0) is 31.2 Å². The molecule has 1 aromatic heterocycles. The standard InChI is InChI=1S/C14H17N3OS/c1-19-11-7-3-2-6-10(11)12-16-13(17-18-12)14(15)8-4-5-9-14/h2-3,6-7H,4-5,8-9,15H2,1H3. The van der Waals surface area contributed by atoms with Gasteiger partial charge < -0.3 is 10.3 Å². The van der Waals surface area contributed by atoms with Crippen LogP contribution in [-0.4, -0.2) is 16.4 Å². The van der Waals surface area contributed by atoms with Crippen LogP contribution in [0.3, 0.4) is 0 Å². The third-order valence-corrected chi connectivity index (χ3v) is 4.50. The highest BCUT2D eigenvalue weighted by atomic mass is 32.2. The molecule has 1 aliphatic carbocycles. The number of nitrogens with two attached hydrogens (primary N) is 1. The number of rotatable bonds is 3. The first-order chi connectivity index (χ1) is 9.23. The van der Waals surface area contributed by atoms with E-state index >= 15 is 0 Å². The molecule has 0 atom stereocenters. The molecule has 2 N–H and O–H groups in total. The maximum Gasteiger partial charge on any atom is 0.259 e. The third-order valence-electron chi connectivity index (χ3n) is 3.70. The molecule has 0 saturated heterocycles. The fourth-order valence-electron chi connectivity index (χ4n) is 2.59. The molecule has 1 aromatic carbocycles. The first kappa shape index (κ1) is 12.7. The Kier molecular flexibility index (Phi) is 3.33. The molecule has 1 aliphatic rings. The van der Waals surface area contributed by atoms with Crippen molar-refractivity contribution in [2.45, 2.75) is 36.1 Å². The van der Waals surface area contributed by atoms with Crippen LogP contribution >= 0.6 is 11.8 Å². The van der Waals surface area contributed by atoms with Crippen molar-refractivity contribution in [1.82, 2.24) is 10.1 Å². The molecule has 1 fully saturated rings. The van der Waals surface area contributed by atoms with E-state index in [1.807, 2.05) is 24.5 Å². The van der Waals surface area contributed by atoms with Crippen molar-refractivity contribution in [3.05, 3.63) is 30.1 Å². The summed E-state index contributed by atoms with van der Waals surface area (Å²) in [5, 5.41) is 4.10. The molecule has 0 unspecified atom stereocenters. The Morgan fingerprint density at radius 2 is 2.00 bits per heavy atom. The van der Waals surface area contributed by atoms with Gasteiger partial charge in [-0.25, -0.2) is 0 Å². The highest BCUT2D eigenvalue weighted by Gasteiger charge is 2.36. The zero-order valence-corrected chi connectivity index (χ0v) is 11.7. The van der Waals surface area contributed by atoms with E-state index in [-0.39, 0.29) is 0 Å². The van der Waals surface area contributed by atoms with Crippen molar-refractivity contribution in [2.24, 2.45) is 5.73 Å². The predicted molar refractivity (Wildman–Crippen MR) is 75.8 cm³/mol. The lowest BCUT2D eigenvalue weighted by atomic mass is 9.99. The maximum atomic E-state index is 6.35. The minimum Gasteiger partial charge on any atom is -0.334 e. The molecule has 100 valence electrons. The van der Waals surface area contributed by atoms with Crippen molar-refractivity contribution < 1.29 is 4.52 Å². The maximum absolute atomic E-state index is 6.35. The summed E-state index contributed by atoms with van der Waals surface area (Å²) in [6.07, 6.45) is 6.20. The van der Waals surface area contributed by atoms with Gasteiger partial charge in [-0.3, -0.25) is 0 Å². The Bertz CT molecular complexity index is 576. The summed E-state index contributed by atoms with van der Waals surface area (Å²) >= 11 is 1.67. The van der Waals surface area contributed by atoms with Gasteiger partial charge in [0.05, 0.1) is 11.1 Å². The fraction of sp³-hybridized carbons (Fsp3) is 0.429. The van der Waals surface area contributed by atoms with E-state index < -0.39 is 5.54 Å². The minimum absolute atomic E-state index is 0.393. The summed E-state index contributed by atoms with van der Waals surface area (Å²) in [6, 6.07) is 8.04. The van der Waals surface area contributed by atoms with Gasteiger partial charge in [0.1, 0.15) is 0 Å². The Balaban J connectivity index is 1.97. The molecular weight excluding hydrogens is 258 g/mol. The molecule has 3 rings (SSSR count). The molecular formula is C14H17N3OS. The molecule has 2 aromatic rings. The van der Waals surface area contributed by atoms with E-state index in [1.165, 1.54) is 0 Å². The molecule has 4 nitrogen and oxygen atoms in total. The van der Waals surface area contributed by atoms with Gasteiger partial charge >= 0.3 is 0 Å². The van der Waals surface area contributed by atoms with Gasteiger partial charge in [0, 0.05) is 4.90 Å². The van der Waals surface area contributed by atoms with Crippen LogP contribution in [-0.2, 0) is 5.54 Å².